The first-order chi connectivity index (χ1) is 13.0. The van der Waals surface area contributed by atoms with Crippen molar-refractivity contribution in [3.8, 4) is 5.69 Å². The van der Waals surface area contributed by atoms with E-state index in [1.807, 2.05) is 48.9 Å². The van der Waals surface area contributed by atoms with Crippen molar-refractivity contribution in [2.45, 2.75) is 20.3 Å². The Morgan fingerprint density at radius 1 is 1.07 bits per heavy atom. The number of aromatic nitrogens is 2. The molecular weight excluding hydrogens is 342 g/mol. The summed E-state index contributed by atoms with van der Waals surface area (Å²) in [6, 6.07) is 16.5. The fourth-order valence-corrected chi connectivity index (χ4v) is 2.96. The highest BCUT2D eigenvalue weighted by molar-refractivity contribution is 5.95. The van der Waals surface area contributed by atoms with E-state index in [2.05, 4.69) is 10.4 Å². The highest BCUT2D eigenvalue weighted by Crippen LogP contribution is 2.19. The Hall–Kier alpha value is -3.41. The van der Waals surface area contributed by atoms with E-state index in [0.29, 0.717) is 11.3 Å². The summed E-state index contributed by atoms with van der Waals surface area (Å²) in [4.78, 5) is 24.1. The van der Waals surface area contributed by atoms with Gasteiger partial charge in [-0.05, 0) is 44.2 Å². The normalized spacial score (nSPS) is 10.5. The average molecular weight is 363 g/mol. The van der Waals surface area contributed by atoms with Crippen molar-refractivity contribution < 1.29 is 14.3 Å². The minimum atomic E-state index is -0.443. The van der Waals surface area contributed by atoms with Gasteiger partial charge in [-0.2, -0.15) is 5.10 Å². The van der Waals surface area contributed by atoms with Gasteiger partial charge in [0.15, 0.2) is 0 Å². The molecule has 1 aromatic heterocycles. The van der Waals surface area contributed by atoms with Gasteiger partial charge >= 0.3 is 5.97 Å². The van der Waals surface area contributed by atoms with Gasteiger partial charge in [-0.3, -0.25) is 4.79 Å². The molecule has 3 rings (SSSR count). The summed E-state index contributed by atoms with van der Waals surface area (Å²) in [7, 11) is 1.32. The molecule has 0 saturated heterocycles. The van der Waals surface area contributed by atoms with Crippen LogP contribution in [0.2, 0.25) is 0 Å². The van der Waals surface area contributed by atoms with E-state index in [-0.39, 0.29) is 12.3 Å². The summed E-state index contributed by atoms with van der Waals surface area (Å²) < 4.78 is 6.55. The molecule has 0 saturated carbocycles. The van der Waals surface area contributed by atoms with E-state index in [9.17, 15) is 9.59 Å². The van der Waals surface area contributed by atoms with Crippen LogP contribution < -0.4 is 5.32 Å². The van der Waals surface area contributed by atoms with Gasteiger partial charge in [0.25, 0.3) is 0 Å². The Morgan fingerprint density at radius 3 is 2.52 bits per heavy atom. The fraction of sp³-hybridized carbons (Fsp3) is 0.190. The molecule has 6 nitrogen and oxygen atoms in total. The van der Waals surface area contributed by atoms with Crippen LogP contribution >= 0.6 is 0 Å². The smallest absolute Gasteiger partial charge is 0.337 e. The first kappa shape index (κ1) is 18.4. The monoisotopic (exact) mass is 363 g/mol. The predicted molar refractivity (Wildman–Crippen MR) is 103 cm³/mol. The summed E-state index contributed by atoms with van der Waals surface area (Å²) in [6.07, 6.45) is 0.201. The SMILES string of the molecule is COC(=O)c1cccc(NC(=O)Cc2c(C)nn(-c3ccccc3)c2C)c1. The molecule has 138 valence electrons. The number of rotatable bonds is 5. The van der Waals surface area contributed by atoms with Crippen LogP contribution in [0.1, 0.15) is 27.3 Å². The molecule has 0 fully saturated rings. The summed E-state index contributed by atoms with van der Waals surface area (Å²) >= 11 is 0. The lowest BCUT2D eigenvalue weighted by molar-refractivity contribution is -0.115. The largest absolute Gasteiger partial charge is 0.465 e. The zero-order chi connectivity index (χ0) is 19.4. The van der Waals surface area contributed by atoms with Gasteiger partial charge in [-0.15, -0.1) is 0 Å². The summed E-state index contributed by atoms with van der Waals surface area (Å²) in [5.74, 6) is -0.613. The zero-order valence-corrected chi connectivity index (χ0v) is 15.5. The quantitative estimate of drug-likeness (QED) is 0.705. The lowest BCUT2D eigenvalue weighted by Gasteiger charge is -2.08. The number of carbonyl (C=O) groups is 2. The van der Waals surface area contributed by atoms with E-state index in [0.717, 1.165) is 22.6 Å². The van der Waals surface area contributed by atoms with Crippen molar-refractivity contribution in [2.24, 2.45) is 0 Å². The number of hydrogen-bond donors (Lipinski definition) is 1. The van der Waals surface area contributed by atoms with Gasteiger partial charge in [0.1, 0.15) is 0 Å². The van der Waals surface area contributed by atoms with Crippen molar-refractivity contribution in [1.29, 1.82) is 0 Å². The van der Waals surface area contributed by atoms with Crippen LogP contribution in [0, 0.1) is 13.8 Å². The second kappa shape index (κ2) is 7.86. The maximum absolute atomic E-state index is 12.5. The van der Waals surface area contributed by atoms with Crippen molar-refractivity contribution in [3.63, 3.8) is 0 Å². The van der Waals surface area contributed by atoms with Gasteiger partial charge in [0, 0.05) is 16.9 Å². The number of carbonyl (C=O) groups excluding carboxylic acids is 2. The number of para-hydroxylation sites is 1. The minimum absolute atomic E-state index is 0.171. The lowest BCUT2D eigenvalue weighted by atomic mass is 10.1. The second-order valence-electron chi connectivity index (χ2n) is 6.19. The first-order valence-corrected chi connectivity index (χ1v) is 8.58. The third-order valence-electron chi connectivity index (χ3n) is 4.35. The van der Waals surface area contributed by atoms with Gasteiger partial charge in [0.05, 0.1) is 30.5 Å². The molecule has 0 radical (unpaired) electrons. The highest BCUT2D eigenvalue weighted by Gasteiger charge is 2.16. The van der Waals surface area contributed by atoms with Crippen LogP contribution in [0.25, 0.3) is 5.69 Å². The van der Waals surface area contributed by atoms with E-state index >= 15 is 0 Å². The van der Waals surface area contributed by atoms with Crippen molar-refractivity contribution in [1.82, 2.24) is 9.78 Å². The second-order valence-corrected chi connectivity index (χ2v) is 6.19. The van der Waals surface area contributed by atoms with Crippen molar-refractivity contribution >= 4 is 17.6 Å². The standard InChI is InChI=1S/C21H21N3O3/c1-14-19(15(2)24(23-14)18-10-5-4-6-11-18)13-20(25)22-17-9-7-8-16(12-17)21(26)27-3/h4-12H,13H2,1-3H3,(H,22,25). The number of hydrogen-bond acceptors (Lipinski definition) is 4. The van der Waals surface area contributed by atoms with E-state index < -0.39 is 5.97 Å². The van der Waals surface area contributed by atoms with E-state index in [4.69, 9.17) is 4.74 Å². The van der Waals surface area contributed by atoms with Crippen LogP contribution in [0.4, 0.5) is 5.69 Å². The number of nitrogens with one attached hydrogen (secondary N) is 1. The molecule has 27 heavy (non-hydrogen) atoms. The molecule has 0 unspecified atom stereocenters. The summed E-state index contributed by atoms with van der Waals surface area (Å²) in [6.45, 7) is 3.85. The number of anilines is 1. The van der Waals surface area contributed by atoms with Crippen molar-refractivity contribution in [2.75, 3.05) is 12.4 Å². The molecule has 1 heterocycles. The van der Waals surface area contributed by atoms with Crippen LogP contribution in [-0.2, 0) is 16.0 Å². The van der Waals surface area contributed by atoms with E-state index in [1.165, 1.54) is 7.11 Å². The van der Waals surface area contributed by atoms with Crippen LogP contribution in [0.3, 0.4) is 0 Å². The zero-order valence-electron chi connectivity index (χ0n) is 15.5. The molecule has 3 aromatic rings. The third kappa shape index (κ3) is 4.06. The van der Waals surface area contributed by atoms with E-state index in [1.54, 1.807) is 24.3 Å². The number of esters is 1. The Balaban J connectivity index is 1.77. The molecule has 6 heteroatoms. The van der Waals surface area contributed by atoms with Crippen molar-refractivity contribution in [3.05, 3.63) is 77.1 Å². The topological polar surface area (TPSA) is 73.2 Å². The van der Waals surface area contributed by atoms with Crippen LogP contribution in [-0.4, -0.2) is 28.8 Å². The Kier molecular flexibility index (Phi) is 5.35. The lowest BCUT2D eigenvalue weighted by Crippen LogP contribution is -2.16. The minimum Gasteiger partial charge on any atom is -0.465 e. The maximum atomic E-state index is 12.5. The molecular formula is C21H21N3O3. The molecule has 0 aliphatic heterocycles. The van der Waals surface area contributed by atoms with Gasteiger partial charge < -0.3 is 10.1 Å². The molecule has 0 aliphatic rings. The number of nitrogens with zero attached hydrogens (tertiary/aromatic N) is 2. The molecule has 0 bridgehead atoms. The van der Waals surface area contributed by atoms with Crippen LogP contribution in [0.5, 0.6) is 0 Å². The Morgan fingerprint density at radius 2 is 1.81 bits per heavy atom. The third-order valence-corrected chi connectivity index (χ3v) is 4.35. The maximum Gasteiger partial charge on any atom is 0.337 e. The molecule has 1 N–H and O–H groups in total. The summed E-state index contributed by atoms with van der Waals surface area (Å²) in [5.41, 5.74) is 4.52. The Labute approximate surface area is 157 Å². The highest BCUT2D eigenvalue weighted by atomic mass is 16.5. The van der Waals surface area contributed by atoms with Gasteiger partial charge in [-0.1, -0.05) is 24.3 Å². The van der Waals surface area contributed by atoms with Crippen LogP contribution in [0.15, 0.2) is 54.6 Å². The number of methoxy groups -OCH3 is 1. The molecule has 0 atom stereocenters. The fourth-order valence-electron chi connectivity index (χ4n) is 2.96. The predicted octanol–water partition coefficient (Wildman–Crippen LogP) is 3.46. The van der Waals surface area contributed by atoms with Gasteiger partial charge in [-0.25, -0.2) is 9.48 Å². The molecule has 0 aliphatic carbocycles. The summed E-state index contributed by atoms with van der Waals surface area (Å²) in [5, 5.41) is 7.39. The average Bonchev–Trinajstić information content (AvgIpc) is 2.96. The van der Waals surface area contributed by atoms with Gasteiger partial charge in [0.2, 0.25) is 5.91 Å². The number of benzene rings is 2. The molecule has 1 amide bonds. The first-order valence-electron chi connectivity index (χ1n) is 8.58. The number of aryl methyl sites for hydroxylation is 1. The number of ether oxygens (including phenoxy) is 1. The Bertz CT molecular complexity index is 978. The number of amides is 1. The molecule has 0 spiro atoms. The molecule has 2 aromatic carbocycles.